The first kappa shape index (κ1) is 10.5. The summed E-state index contributed by atoms with van der Waals surface area (Å²) in [6, 6.07) is 7.69. The van der Waals surface area contributed by atoms with Crippen LogP contribution in [0.2, 0.25) is 0 Å². The molecule has 0 spiro atoms. The molecule has 0 saturated carbocycles. The van der Waals surface area contributed by atoms with Gasteiger partial charge in [0.2, 0.25) is 0 Å². The quantitative estimate of drug-likeness (QED) is 0.768. The Labute approximate surface area is 99.7 Å². The predicted octanol–water partition coefficient (Wildman–Crippen LogP) is 1.06. The molecule has 1 aromatic heterocycles. The number of fused-ring (bicyclic) bond motifs is 1. The SMILES string of the molecule is Cn1cc(C2(O)CC(N)c3ccccc32)cn1. The zero-order chi connectivity index (χ0) is 12.0. The average molecular weight is 229 g/mol. The van der Waals surface area contributed by atoms with Gasteiger partial charge in [0.05, 0.1) is 6.20 Å². The second-order valence-corrected chi connectivity index (χ2v) is 4.66. The molecule has 88 valence electrons. The van der Waals surface area contributed by atoms with Crippen molar-refractivity contribution in [2.75, 3.05) is 0 Å². The molecule has 0 fully saturated rings. The van der Waals surface area contributed by atoms with E-state index in [0.717, 1.165) is 16.7 Å². The van der Waals surface area contributed by atoms with E-state index in [2.05, 4.69) is 5.10 Å². The molecular formula is C13H15N3O. The van der Waals surface area contributed by atoms with Crippen LogP contribution in [0.3, 0.4) is 0 Å². The third-order valence-electron chi connectivity index (χ3n) is 3.50. The van der Waals surface area contributed by atoms with Crippen molar-refractivity contribution in [3.05, 3.63) is 53.3 Å². The Morgan fingerprint density at radius 3 is 2.94 bits per heavy atom. The smallest absolute Gasteiger partial charge is 0.120 e. The minimum atomic E-state index is -0.996. The predicted molar refractivity (Wildman–Crippen MR) is 64.2 cm³/mol. The highest BCUT2D eigenvalue weighted by Gasteiger charge is 2.42. The van der Waals surface area contributed by atoms with Crippen molar-refractivity contribution < 1.29 is 5.11 Å². The summed E-state index contributed by atoms with van der Waals surface area (Å²) >= 11 is 0. The van der Waals surface area contributed by atoms with E-state index in [4.69, 9.17) is 5.73 Å². The van der Waals surface area contributed by atoms with E-state index < -0.39 is 5.60 Å². The number of benzene rings is 1. The monoisotopic (exact) mass is 229 g/mol. The summed E-state index contributed by atoms with van der Waals surface area (Å²) in [5.74, 6) is 0. The van der Waals surface area contributed by atoms with E-state index in [1.54, 1.807) is 10.9 Å². The number of nitrogens with zero attached hydrogens (tertiary/aromatic N) is 2. The fourth-order valence-electron chi connectivity index (χ4n) is 2.64. The third kappa shape index (κ3) is 1.41. The number of aromatic nitrogens is 2. The van der Waals surface area contributed by atoms with E-state index in [0.29, 0.717) is 6.42 Å². The molecule has 1 heterocycles. The van der Waals surface area contributed by atoms with Crippen LogP contribution < -0.4 is 5.73 Å². The fourth-order valence-corrected chi connectivity index (χ4v) is 2.64. The first-order valence-corrected chi connectivity index (χ1v) is 5.68. The van der Waals surface area contributed by atoms with Crippen molar-refractivity contribution in [3.63, 3.8) is 0 Å². The molecule has 0 bridgehead atoms. The summed E-state index contributed by atoms with van der Waals surface area (Å²) in [5, 5.41) is 15.0. The summed E-state index contributed by atoms with van der Waals surface area (Å²) in [7, 11) is 1.84. The van der Waals surface area contributed by atoms with Crippen LogP contribution in [-0.2, 0) is 12.6 Å². The van der Waals surface area contributed by atoms with Crippen LogP contribution in [0, 0.1) is 0 Å². The Balaban J connectivity index is 2.17. The van der Waals surface area contributed by atoms with Gasteiger partial charge in [-0.25, -0.2) is 0 Å². The lowest BCUT2D eigenvalue weighted by molar-refractivity contribution is 0.0775. The summed E-state index contributed by atoms with van der Waals surface area (Å²) in [6.45, 7) is 0. The van der Waals surface area contributed by atoms with Crippen LogP contribution in [0.4, 0.5) is 0 Å². The maximum absolute atomic E-state index is 10.9. The van der Waals surface area contributed by atoms with Gasteiger partial charge >= 0.3 is 0 Å². The van der Waals surface area contributed by atoms with Crippen molar-refractivity contribution in [1.29, 1.82) is 0 Å². The van der Waals surface area contributed by atoms with Gasteiger partial charge in [-0.2, -0.15) is 5.10 Å². The molecule has 4 nitrogen and oxygen atoms in total. The summed E-state index contributed by atoms with van der Waals surface area (Å²) in [5.41, 5.74) is 7.82. The van der Waals surface area contributed by atoms with Crippen molar-refractivity contribution in [2.24, 2.45) is 12.8 Å². The zero-order valence-corrected chi connectivity index (χ0v) is 9.67. The fraction of sp³-hybridized carbons (Fsp3) is 0.308. The van der Waals surface area contributed by atoms with Crippen LogP contribution in [-0.4, -0.2) is 14.9 Å². The molecule has 2 atom stereocenters. The molecule has 2 aromatic rings. The Kier molecular flexibility index (Phi) is 2.11. The van der Waals surface area contributed by atoms with E-state index >= 15 is 0 Å². The maximum atomic E-state index is 10.9. The second-order valence-electron chi connectivity index (χ2n) is 4.66. The lowest BCUT2D eigenvalue weighted by Crippen LogP contribution is -2.24. The first-order valence-electron chi connectivity index (χ1n) is 5.68. The summed E-state index contributed by atoms with van der Waals surface area (Å²) < 4.78 is 1.69. The van der Waals surface area contributed by atoms with Gasteiger partial charge in [-0.05, 0) is 11.1 Å². The molecular weight excluding hydrogens is 214 g/mol. The third-order valence-corrected chi connectivity index (χ3v) is 3.50. The normalized spacial score (nSPS) is 27.1. The molecule has 1 aliphatic carbocycles. The van der Waals surface area contributed by atoms with Crippen LogP contribution >= 0.6 is 0 Å². The van der Waals surface area contributed by atoms with E-state index in [1.165, 1.54) is 0 Å². The van der Waals surface area contributed by atoms with Crippen molar-refractivity contribution >= 4 is 0 Å². The Bertz CT molecular complexity index is 563. The van der Waals surface area contributed by atoms with Gasteiger partial charge in [0.1, 0.15) is 5.60 Å². The Hall–Kier alpha value is -1.65. The largest absolute Gasteiger partial charge is 0.380 e. The minimum Gasteiger partial charge on any atom is -0.380 e. The van der Waals surface area contributed by atoms with Gasteiger partial charge in [0, 0.05) is 31.3 Å². The molecule has 3 rings (SSSR count). The van der Waals surface area contributed by atoms with Crippen LogP contribution in [0.25, 0.3) is 0 Å². The number of aryl methyl sites for hydroxylation is 1. The Morgan fingerprint density at radius 2 is 2.24 bits per heavy atom. The molecule has 4 heteroatoms. The molecule has 0 saturated heterocycles. The second kappa shape index (κ2) is 3.42. The molecule has 2 unspecified atom stereocenters. The highest BCUT2D eigenvalue weighted by molar-refractivity contribution is 5.46. The van der Waals surface area contributed by atoms with Crippen molar-refractivity contribution in [2.45, 2.75) is 18.1 Å². The molecule has 0 radical (unpaired) electrons. The lowest BCUT2D eigenvalue weighted by atomic mass is 9.90. The number of nitrogens with two attached hydrogens (primary N) is 1. The highest BCUT2D eigenvalue weighted by Crippen LogP contribution is 2.45. The van der Waals surface area contributed by atoms with Crippen LogP contribution in [0.5, 0.6) is 0 Å². The highest BCUT2D eigenvalue weighted by atomic mass is 16.3. The number of rotatable bonds is 1. The van der Waals surface area contributed by atoms with Crippen LogP contribution in [0.1, 0.15) is 29.2 Å². The van der Waals surface area contributed by atoms with Gasteiger partial charge in [-0.3, -0.25) is 4.68 Å². The summed E-state index contributed by atoms with van der Waals surface area (Å²) in [6.07, 6.45) is 4.06. The molecule has 17 heavy (non-hydrogen) atoms. The van der Waals surface area contributed by atoms with E-state index in [1.807, 2.05) is 37.5 Å². The van der Waals surface area contributed by atoms with Gasteiger partial charge in [-0.1, -0.05) is 24.3 Å². The molecule has 0 amide bonds. The van der Waals surface area contributed by atoms with Gasteiger partial charge < -0.3 is 10.8 Å². The Morgan fingerprint density at radius 1 is 1.47 bits per heavy atom. The van der Waals surface area contributed by atoms with Crippen LogP contribution in [0.15, 0.2) is 36.7 Å². The molecule has 1 aliphatic rings. The minimum absolute atomic E-state index is 0.114. The zero-order valence-electron chi connectivity index (χ0n) is 9.67. The van der Waals surface area contributed by atoms with Gasteiger partial charge in [0.25, 0.3) is 0 Å². The molecule has 3 N–H and O–H groups in total. The number of aliphatic hydroxyl groups is 1. The first-order chi connectivity index (χ1) is 8.11. The lowest BCUT2D eigenvalue weighted by Gasteiger charge is -2.22. The number of hydrogen-bond acceptors (Lipinski definition) is 3. The summed E-state index contributed by atoms with van der Waals surface area (Å²) in [4.78, 5) is 0. The van der Waals surface area contributed by atoms with Crippen molar-refractivity contribution in [3.8, 4) is 0 Å². The van der Waals surface area contributed by atoms with E-state index in [-0.39, 0.29) is 6.04 Å². The molecule has 0 aliphatic heterocycles. The van der Waals surface area contributed by atoms with Gasteiger partial charge in [0.15, 0.2) is 0 Å². The number of hydrogen-bond donors (Lipinski definition) is 2. The average Bonchev–Trinajstić information content (AvgIpc) is 2.85. The maximum Gasteiger partial charge on any atom is 0.120 e. The molecule has 1 aromatic carbocycles. The topological polar surface area (TPSA) is 64.1 Å². The standard InChI is InChI=1S/C13H15N3O/c1-16-8-9(7-15-16)13(17)6-12(14)10-4-2-3-5-11(10)13/h2-5,7-8,12,17H,6,14H2,1H3. The van der Waals surface area contributed by atoms with Gasteiger partial charge in [-0.15, -0.1) is 0 Å². The van der Waals surface area contributed by atoms with E-state index in [9.17, 15) is 5.11 Å². The van der Waals surface area contributed by atoms with Crippen molar-refractivity contribution in [1.82, 2.24) is 9.78 Å².